The number of hydrogen-bond donors (Lipinski definition) is 3. The Morgan fingerprint density at radius 2 is 1.72 bits per heavy atom. The summed E-state index contributed by atoms with van der Waals surface area (Å²) in [5.74, 6) is 0.547. The standard InChI is InChI=1S/C13H9ClN2O2/c14-8-1-2-11-12(5-8)16-13(15-11)7-3-9(17)6-10(18)4-7/h1-6,17-18H,(H,15,16). The lowest BCUT2D eigenvalue weighted by Crippen LogP contribution is -1.80. The Morgan fingerprint density at radius 1 is 1.00 bits per heavy atom. The Morgan fingerprint density at radius 3 is 2.44 bits per heavy atom. The summed E-state index contributed by atoms with van der Waals surface area (Å²) in [7, 11) is 0. The minimum atomic E-state index is -0.0107. The summed E-state index contributed by atoms with van der Waals surface area (Å²) >= 11 is 5.90. The van der Waals surface area contributed by atoms with E-state index in [1.807, 2.05) is 0 Å². The molecule has 3 rings (SSSR count). The van der Waals surface area contributed by atoms with Crippen molar-refractivity contribution in [1.29, 1.82) is 0 Å². The lowest BCUT2D eigenvalue weighted by molar-refractivity contribution is 0.451. The molecule has 1 heterocycles. The second-order valence-corrected chi connectivity index (χ2v) is 4.42. The average Bonchev–Trinajstić information content (AvgIpc) is 2.70. The number of benzene rings is 2. The number of rotatable bonds is 1. The maximum Gasteiger partial charge on any atom is 0.138 e. The van der Waals surface area contributed by atoms with Crippen molar-refractivity contribution in [3.05, 3.63) is 41.4 Å². The Hall–Kier alpha value is -2.20. The average molecular weight is 261 g/mol. The predicted molar refractivity (Wildman–Crippen MR) is 69.9 cm³/mol. The van der Waals surface area contributed by atoms with Gasteiger partial charge in [-0.1, -0.05) is 11.6 Å². The maximum absolute atomic E-state index is 9.45. The van der Waals surface area contributed by atoms with Crippen molar-refractivity contribution in [3.63, 3.8) is 0 Å². The van der Waals surface area contributed by atoms with Gasteiger partial charge < -0.3 is 15.2 Å². The molecule has 0 aliphatic heterocycles. The second kappa shape index (κ2) is 3.92. The normalized spacial score (nSPS) is 10.9. The molecule has 5 heteroatoms. The van der Waals surface area contributed by atoms with E-state index in [-0.39, 0.29) is 11.5 Å². The van der Waals surface area contributed by atoms with Crippen LogP contribution < -0.4 is 0 Å². The summed E-state index contributed by atoms with van der Waals surface area (Å²) in [4.78, 5) is 7.46. The summed E-state index contributed by atoms with van der Waals surface area (Å²) in [5, 5.41) is 19.5. The molecule has 0 saturated carbocycles. The lowest BCUT2D eigenvalue weighted by Gasteiger charge is -1.99. The number of phenols is 2. The van der Waals surface area contributed by atoms with E-state index < -0.39 is 0 Å². The van der Waals surface area contributed by atoms with Crippen molar-refractivity contribution in [2.45, 2.75) is 0 Å². The highest BCUT2D eigenvalue weighted by molar-refractivity contribution is 6.31. The zero-order valence-electron chi connectivity index (χ0n) is 9.18. The van der Waals surface area contributed by atoms with Gasteiger partial charge in [-0.05, 0) is 30.3 Å². The molecule has 0 bridgehead atoms. The van der Waals surface area contributed by atoms with E-state index in [0.29, 0.717) is 16.4 Å². The molecule has 0 amide bonds. The minimum Gasteiger partial charge on any atom is -0.508 e. The van der Waals surface area contributed by atoms with Gasteiger partial charge in [0.05, 0.1) is 11.0 Å². The third-order valence-electron chi connectivity index (χ3n) is 2.62. The monoisotopic (exact) mass is 260 g/mol. The fourth-order valence-corrected chi connectivity index (χ4v) is 2.02. The van der Waals surface area contributed by atoms with E-state index in [9.17, 15) is 10.2 Å². The molecular formula is C13H9ClN2O2. The Bertz CT molecular complexity index is 717. The summed E-state index contributed by atoms with van der Waals surface area (Å²) in [6, 6.07) is 9.66. The van der Waals surface area contributed by atoms with Crippen LogP contribution in [0.1, 0.15) is 0 Å². The molecule has 0 saturated heterocycles. The fourth-order valence-electron chi connectivity index (χ4n) is 1.85. The van der Waals surface area contributed by atoms with E-state index in [0.717, 1.165) is 11.0 Å². The molecule has 1 aromatic heterocycles. The first-order valence-corrected chi connectivity index (χ1v) is 5.68. The van der Waals surface area contributed by atoms with Crippen LogP contribution in [0.15, 0.2) is 36.4 Å². The van der Waals surface area contributed by atoms with Gasteiger partial charge in [-0.2, -0.15) is 0 Å². The molecule has 90 valence electrons. The third kappa shape index (κ3) is 1.87. The SMILES string of the molecule is Oc1cc(O)cc(-c2nc3ccc(Cl)cc3[nH]2)c1. The molecular weight excluding hydrogens is 252 g/mol. The van der Waals surface area contributed by atoms with Crippen LogP contribution >= 0.6 is 11.6 Å². The molecule has 0 unspecified atom stereocenters. The molecule has 18 heavy (non-hydrogen) atoms. The van der Waals surface area contributed by atoms with Gasteiger partial charge in [-0.15, -0.1) is 0 Å². The van der Waals surface area contributed by atoms with Crippen molar-refractivity contribution in [3.8, 4) is 22.9 Å². The van der Waals surface area contributed by atoms with Gasteiger partial charge in [-0.25, -0.2) is 4.98 Å². The zero-order valence-corrected chi connectivity index (χ0v) is 9.94. The van der Waals surface area contributed by atoms with Crippen molar-refractivity contribution in [2.75, 3.05) is 0 Å². The van der Waals surface area contributed by atoms with E-state index in [1.165, 1.54) is 18.2 Å². The van der Waals surface area contributed by atoms with Gasteiger partial charge in [0.1, 0.15) is 17.3 Å². The van der Waals surface area contributed by atoms with Crippen LogP contribution in [-0.2, 0) is 0 Å². The molecule has 0 radical (unpaired) electrons. The number of fused-ring (bicyclic) bond motifs is 1. The summed E-state index contributed by atoms with van der Waals surface area (Å²) < 4.78 is 0. The smallest absolute Gasteiger partial charge is 0.138 e. The molecule has 3 N–H and O–H groups in total. The second-order valence-electron chi connectivity index (χ2n) is 3.98. The number of nitrogens with one attached hydrogen (secondary N) is 1. The highest BCUT2D eigenvalue weighted by Gasteiger charge is 2.07. The highest BCUT2D eigenvalue weighted by atomic mass is 35.5. The number of aromatic hydroxyl groups is 2. The van der Waals surface area contributed by atoms with Crippen LogP contribution in [0.3, 0.4) is 0 Å². The molecule has 0 spiro atoms. The number of hydrogen-bond acceptors (Lipinski definition) is 3. The first-order chi connectivity index (χ1) is 8.61. The van der Waals surface area contributed by atoms with Gasteiger partial charge in [0.2, 0.25) is 0 Å². The molecule has 0 fully saturated rings. The van der Waals surface area contributed by atoms with Crippen LogP contribution in [0.2, 0.25) is 5.02 Å². The summed E-state index contributed by atoms with van der Waals surface area (Å²) in [6.45, 7) is 0. The van der Waals surface area contributed by atoms with Crippen molar-refractivity contribution in [2.24, 2.45) is 0 Å². The number of H-pyrrole nitrogens is 1. The van der Waals surface area contributed by atoms with E-state index in [2.05, 4.69) is 9.97 Å². The van der Waals surface area contributed by atoms with E-state index in [4.69, 9.17) is 11.6 Å². The maximum atomic E-state index is 9.45. The van der Waals surface area contributed by atoms with Crippen LogP contribution in [0.5, 0.6) is 11.5 Å². The Balaban J connectivity index is 2.19. The van der Waals surface area contributed by atoms with Crippen molar-refractivity contribution >= 4 is 22.6 Å². The predicted octanol–water partition coefficient (Wildman–Crippen LogP) is 3.29. The van der Waals surface area contributed by atoms with Gasteiger partial charge in [0, 0.05) is 16.7 Å². The first kappa shape index (κ1) is 10.9. The molecule has 0 aliphatic rings. The molecule has 2 aromatic carbocycles. The lowest BCUT2D eigenvalue weighted by atomic mass is 10.2. The number of imidazole rings is 1. The Labute approximate surface area is 107 Å². The minimum absolute atomic E-state index is 0.0107. The first-order valence-electron chi connectivity index (χ1n) is 5.30. The van der Waals surface area contributed by atoms with Gasteiger partial charge >= 0.3 is 0 Å². The van der Waals surface area contributed by atoms with E-state index >= 15 is 0 Å². The van der Waals surface area contributed by atoms with Crippen LogP contribution in [0.25, 0.3) is 22.4 Å². The largest absolute Gasteiger partial charge is 0.508 e. The molecule has 4 nitrogen and oxygen atoms in total. The Kier molecular flexibility index (Phi) is 2.38. The van der Waals surface area contributed by atoms with Gasteiger partial charge in [0.15, 0.2) is 0 Å². The number of aromatic nitrogens is 2. The van der Waals surface area contributed by atoms with Crippen LogP contribution in [0.4, 0.5) is 0 Å². The zero-order chi connectivity index (χ0) is 12.7. The van der Waals surface area contributed by atoms with Crippen LogP contribution in [0, 0.1) is 0 Å². The number of phenolic OH excluding ortho intramolecular Hbond substituents is 2. The molecule has 0 atom stereocenters. The fraction of sp³-hybridized carbons (Fsp3) is 0. The summed E-state index contributed by atoms with van der Waals surface area (Å²) in [6.07, 6.45) is 0. The highest BCUT2D eigenvalue weighted by Crippen LogP contribution is 2.28. The molecule has 3 aromatic rings. The van der Waals surface area contributed by atoms with Crippen molar-refractivity contribution < 1.29 is 10.2 Å². The topological polar surface area (TPSA) is 69.1 Å². The third-order valence-corrected chi connectivity index (χ3v) is 2.85. The quantitative estimate of drug-likeness (QED) is 0.629. The van der Waals surface area contributed by atoms with Gasteiger partial charge in [0.25, 0.3) is 0 Å². The number of nitrogens with zero attached hydrogens (tertiary/aromatic N) is 1. The van der Waals surface area contributed by atoms with Crippen LogP contribution in [-0.4, -0.2) is 20.2 Å². The van der Waals surface area contributed by atoms with Crippen molar-refractivity contribution in [1.82, 2.24) is 9.97 Å². The van der Waals surface area contributed by atoms with E-state index in [1.54, 1.807) is 18.2 Å². The van der Waals surface area contributed by atoms with Gasteiger partial charge in [-0.3, -0.25) is 0 Å². The number of halogens is 1. The molecule has 0 aliphatic carbocycles. The summed E-state index contributed by atoms with van der Waals surface area (Å²) in [5.41, 5.74) is 2.19. The number of aromatic amines is 1.